The van der Waals surface area contributed by atoms with Crippen LogP contribution in [0.15, 0.2) is 72.9 Å². The lowest BCUT2D eigenvalue weighted by molar-refractivity contribution is -0.148. The molecule has 2 aliphatic rings. The monoisotopic (exact) mass is 512 g/mol. The van der Waals surface area contributed by atoms with E-state index < -0.39 is 0 Å². The Hall–Kier alpha value is -3.55. The van der Waals surface area contributed by atoms with Gasteiger partial charge in [0.15, 0.2) is 0 Å². The van der Waals surface area contributed by atoms with Crippen LogP contribution in [0.2, 0.25) is 0 Å². The molecule has 0 unspecified atom stereocenters. The molecule has 3 aromatic carbocycles. The molecule has 6 rings (SSSR count). The van der Waals surface area contributed by atoms with Crippen LogP contribution in [-0.4, -0.2) is 58.3 Å². The summed E-state index contributed by atoms with van der Waals surface area (Å²) in [5.41, 5.74) is 5.34. The van der Waals surface area contributed by atoms with Crippen LogP contribution in [0.25, 0.3) is 16.6 Å². The normalized spacial score (nSPS) is 22.0. The highest BCUT2D eigenvalue weighted by Crippen LogP contribution is 2.37. The molecule has 1 saturated carbocycles. The van der Waals surface area contributed by atoms with E-state index in [1.807, 2.05) is 16.9 Å². The van der Waals surface area contributed by atoms with Gasteiger partial charge in [0.25, 0.3) is 0 Å². The lowest BCUT2D eigenvalue weighted by Crippen LogP contribution is -2.54. The molecule has 7 heteroatoms. The molecule has 0 spiro atoms. The van der Waals surface area contributed by atoms with Crippen molar-refractivity contribution in [1.82, 2.24) is 19.6 Å². The molecule has 1 aromatic heterocycles. The van der Waals surface area contributed by atoms with Crippen LogP contribution in [0.3, 0.4) is 0 Å². The number of rotatable bonds is 6. The minimum Gasteiger partial charge on any atom is -0.381 e. The van der Waals surface area contributed by atoms with Crippen molar-refractivity contribution in [2.24, 2.45) is 5.92 Å². The van der Waals surface area contributed by atoms with Gasteiger partial charge in [-0.3, -0.25) is 9.69 Å². The molecule has 2 heterocycles. The minimum atomic E-state index is -0.269. The second-order valence-corrected chi connectivity index (χ2v) is 10.6. The Morgan fingerprint density at radius 1 is 1.05 bits per heavy atom. The summed E-state index contributed by atoms with van der Waals surface area (Å²) in [6.45, 7) is 5.30. The predicted octanol–water partition coefficient (Wildman–Crippen LogP) is 5.28. The minimum absolute atomic E-state index is 0.0355. The fourth-order valence-electron chi connectivity index (χ4n) is 5.89. The van der Waals surface area contributed by atoms with Crippen molar-refractivity contribution in [2.75, 3.05) is 26.7 Å². The van der Waals surface area contributed by atoms with Crippen LogP contribution in [0.5, 0.6) is 0 Å². The topological polar surface area (TPSA) is 50.6 Å². The Morgan fingerprint density at radius 3 is 2.55 bits per heavy atom. The van der Waals surface area contributed by atoms with Gasteiger partial charge in [0, 0.05) is 44.6 Å². The number of benzene rings is 3. The van der Waals surface area contributed by atoms with Crippen molar-refractivity contribution in [2.45, 2.75) is 38.5 Å². The summed E-state index contributed by atoms with van der Waals surface area (Å²) in [6, 6.07) is 21.2. The van der Waals surface area contributed by atoms with Gasteiger partial charge in [0.1, 0.15) is 5.82 Å². The maximum absolute atomic E-state index is 13.7. The molecule has 0 radical (unpaired) electrons. The first-order valence-electron chi connectivity index (χ1n) is 13.3. The van der Waals surface area contributed by atoms with Crippen molar-refractivity contribution < 1.29 is 13.9 Å². The van der Waals surface area contributed by atoms with Crippen LogP contribution in [-0.2, 0) is 16.1 Å². The van der Waals surface area contributed by atoms with Gasteiger partial charge in [0.2, 0.25) is 5.91 Å². The lowest BCUT2D eigenvalue weighted by atomic mass is 9.80. The second kappa shape index (κ2) is 10.3. The Balaban J connectivity index is 1.33. The van der Waals surface area contributed by atoms with Crippen LogP contribution in [0.1, 0.15) is 35.6 Å². The van der Waals surface area contributed by atoms with Gasteiger partial charge in [-0.05, 0) is 72.9 Å². The quantitative estimate of drug-likeness (QED) is 0.353. The summed E-state index contributed by atoms with van der Waals surface area (Å²) in [6.07, 6.45) is 3.65. The second-order valence-electron chi connectivity index (χ2n) is 10.6. The van der Waals surface area contributed by atoms with Crippen LogP contribution < -0.4 is 0 Å². The molecule has 0 bridgehead atoms. The van der Waals surface area contributed by atoms with Gasteiger partial charge in [-0.25, -0.2) is 9.07 Å². The van der Waals surface area contributed by atoms with Crippen LogP contribution in [0.4, 0.5) is 4.39 Å². The summed E-state index contributed by atoms with van der Waals surface area (Å²) in [7, 11) is 1.72. The van der Waals surface area contributed by atoms with E-state index in [4.69, 9.17) is 4.74 Å². The number of ether oxygens (including phenoxy) is 1. The Kier molecular flexibility index (Phi) is 6.72. The zero-order chi connectivity index (χ0) is 26.2. The summed E-state index contributed by atoms with van der Waals surface area (Å²) in [5.74, 6) is 0.00614. The Bertz CT molecular complexity index is 1430. The van der Waals surface area contributed by atoms with Crippen molar-refractivity contribution >= 4 is 16.8 Å². The number of carbonyl (C=O) groups is 1. The molecule has 1 aliphatic carbocycles. The SMILES string of the molecule is COC1CC(C(=O)N2CCN(Cc3ccccc3)C[C@H]2c2cc3cnn(-c4ccc(F)cc4)c3cc2C)C1. The lowest BCUT2D eigenvalue weighted by Gasteiger charge is -2.45. The summed E-state index contributed by atoms with van der Waals surface area (Å²) in [5, 5.41) is 5.61. The standard InChI is InChI=1S/C31H33FN4O2/c1-21-14-29-24(18-33-36(29)26-10-8-25(32)9-11-26)17-28(21)30-20-34(19-22-6-4-3-5-7-22)12-13-35(30)31(37)23-15-27(16-23)38-2/h3-11,14,17-18,23,27,30H,12-13,15-16,19-20H2,1-2H3/t23?,27?,30-/m0/s1. The number of piperazine rings is 1. The molecule has 2 fully saturated rings. The largest absolute Gasteiger partial charge is 0.381 e. The van der Waals surface area contributed by atoms with Crippen molar-refractivity contribution in [1.29, 1.82) is 0 Å². The molecule has 196 valence electrons. The smallest absolute Gasteiger partial charge is 0.226 e. The molecule has 38 heavy (non-hydrogen) atoms. The average Bonchev–Trinajstić information content (AvgIpc) is 3.31. The van der Waals surface area contributed by atoms with E-state index in [1.54, 1.807) is 19.2 Å². The first-order valence-corrected chi connectivity index (χ1v) is 13.3. The van der Waals surface area contributed by atoms with Gasteiger partial charge in [-0.1, -0.05) is 30.3 Å². The highest BCUT2D eigenvalue weighted by molar-refractivity contribution is 5.84. The zero-order valence-electron chi connectivity index (χ0n) is 21.9. The van der Waals surface area contributed by atoms with Crippen LogP contribution in [0, 0.1) is 18.7 Å². The van der Waals surface area contributed by atoms with Gasteiger partial charge >= 0.3 is 0 Å². The van der Waals surface area contributed by atoms with E-state index in [0.717, 1.165) is 60.2 Å². The average molecular weight is 513 g/mol. The molecule has 1 aliphatic heterocycles. The number of halogens is 1. The van der Waals surface area contributed by atoms with Crippen LogP contribution >= 0.6 is 0 Å². The third-order valence-electron chi connectivity index (χ3n) is 8.16. The van der Waals surface area contributed by atoms with Crippen molar-refractivity contribution in [3.05, 3.63) is 95.4 Å². The molecule has 0 N–H and O–H groups in total. The summed E-state index contributed by atoms with van der Waals surface area (Å²) in [4.78, 5) is 18.2. The first kappa shape index (κ1) is 24.8. The number of aromatic nitrogens is 2. The first-order chi connectivity index (χ1) is 18.5. The highest BCUT2D eigenvalue weighted by Gasteiger charge is 2.41. The van der Waals surface area contributed by atoms with E-state index in [0.29, 0.717) is 6.54 Å². The molecular formula is C31H33FN4O2. The number of aryl methyl sites for hydroxylation is 1. The fraction of sp³-hybridized carbons (Fsp3) is 0.355. The highest BCUT2D eigenvalue weighted by atomic mass is 19.1. The van der Waals surface area contributed by atoms with Crippen molar-refractivity contribution in [3.63, 3.8) is 0 Å². The predicted molar refractivity (Wildman–Crippen MR) is 145 cm³/mol. The maximum atomic E-state index is 13.7. The third kappa shape index (κ3) is 4.72. The Morgan fingerprint density at radius 2 is 1.82 bits per heavy atom. The van der Waals surface area contributed by atoms with Gasteiger partial charge < -0.3 is 9.64 Å². The number of nitrogens with zero attached hydrogens (tertiary/aromatic N) is 4. The molecule has 6 nitrogen and oxygen atoms in total. The van der Waals surface area contributed by atoms with E-state index in [2.05, 4.69) is 58.2 Å². The number of hydrogen-bond acceptors (Lipinski definition) is 4. The molecule has 1 saturated heterocycles. The fourth-order valence-corrected chi connectivity index (χ4v) is 5.89. The molecule has 4 aromatic rings. The number of amides is 1. The molecule has 1 amide bonds. The molecular weight excluding hydrogens is 479 g/mol. The summed E-state index contributed by atoms with van der Waals surface area (Å²) >= 11 is 0. The Labute approximate surface area is 222 Å². The zero-order valence-corrected chi connectivity index (χ0v) is 21.9. The van der Waals surface area contributed by atoms with Crippen molar-refractivity contribution in [3.8, 4) is 5.69 Å². The van der Waals surface area contributed by atoms with Gasteiger partial charge in [-0.2, -0.15) is 5.10 Å². The summed E-state index contributed by atoms with van der Waals surface area (Å²) < 4.78 is 20.8. The third-order valence-corrected chi connectivity index (χ3v) is 8.16. The number of methoxy groups -OCH3 is 1. The molecule has 1 atom stereocenters. The van der Waals surface area contributed by atoms with E-state index in [-0.39, 0.29) is 29.8 Å². The number of carbonyl (C=O) groups excluding carboxylic acids is 1. The number of hydrogen-bond donors (Lipinski definition) is 0. The van der Waals surface area contributed by atoms with E-state index >= 15 is 0 Å². The number of fused-ring (bicyclic) bond motifs is 1. The van der Waals surface area contributed by atoms with E-state index in [9.17, 15) is 9.18 Å². The van der Waals surface area contributed by atoms with Gasteiger partial charge in [-0.15, -0.1) is 0 Å². The van der Waals surface area contributed by atoms with Gasteiger partial charge in [0.05, 0.1) is 29.5 Å². The maximum Gasteiger partial charge on any atom is 0.226 e. The van der Waals surface area contributed by atoms with E-state index in [1.165, 1.54) is 17.7 Å².